The van der Waals surface area contributed by atoms with Gasteiger partial charge >= 0.3 is 0 Å². The number of carbonyl (C=O) groups excluding carboxylic acids is 1. The monoisotopic (exact) mass is 307 g/mol. The number of ether oxygens (including phenoxy) is 2. The molecule has 1 aromatic carbocycles. The number of aryl methyl sites for hydroxylation is 1. The van der Waals surface area contributed by atoms with Crippen LogP contribution in [0.2, 0.25) is 0 Å². The van der Waals surface area contributed by atoms with Crippen molar-refractivity contribution in [2.45, 2.75) is 26.9 Å². The minimum Gasteiger partial charge on any atom is -0.493 e. The van der Waals surface area contributed by atoms with Crippen LogP contribution in [0.4, 0.5) is 5.13 Å². The zero-order valence-electron chi connectivity index (χ0n) is 12.3. The Morgan fingerprint density at radius 2 is 2.05 bits per heavy atom. The summed E-state index contributed by atoms with van der Waals surface area (Å²) in [5.41, 5.74) is 0.468. The molecule has 7 heteroatoms. The van der Waals surface area contributed by atoms with Gasteiger partial charge in [-0.3, -0.25) is 10.1 Å². The number of anilines is 1. The highest BCUT2D eigenvalue weighted by molar-refractivity contribution is 7.15. The highest BCUT2D eigenvalue weighted by Crippen LogP contribution is 2.29. The molecular formula is C14H17N3O3S. The van der Waals surface area contributed by atoms with Crippen LogP contribution in [0, 0.1) is 6.92 Å². The average molecular weight is 307 g/mol. The van der Waals surface area contributed by atoms with E-state index in [4.69, 9.17) is 9.47 Å². The van der Waals surface area contributed by atoms with Crippen molar-refractivity contribution in [1.29, 1.82) is 0 Å². The van der Waals surface area contributed by atoms with Crippen molar-refractivity contribution in [2.75, 3.05) is 12.4 Å². The van der Waals surface area contributed by atoms with Gasteiger partial charge in [-0.05, 0) is 39.0 Å². The van der Waals surface area contributed by atoms with E-state index in [1.54, 1.807) is 18.2 Å². The first-order valence-electron chi connectivity index (χ1n) is 6.45. The minimum atomic E-state index is -0.263. The molecule has 112 valence electrons. The zero-order valence-corrected chi connectivity index (χ0v) is 13.2. The van der Waals surface area contributed by atoms with E-state index in [9.17, 15) is 4.79 Å². The molecule has 1 heterocycles. The van der Waals surface area contributed by atoms with Gasteiger partial charge in [-0.15, -0.1) is 10.2 Å². The van der Waals surface area contributed by atoms with Gasteiger partial charge in [0, 0.05) is 5.56 Å². The number of nitrogens with one attached hydrogen (secondary N) is 1. The van der Waals surface area contributed by atoms with Gasteiger partial charge in [0.1, 0.15) is 5.01 Å². The lowest BCUT2D eigenvalue weighted by molar-refractivity contribution is 0.102. The fourth-order valence-corrected chi connectivity index (χ4v) is 2.26. The van der Waals surface area contributed by atoms with Crippen LogP contribution >= 0.6 is 11.3 Å². The highest BCUT2D eigenvalue weighted by Gasteiger charge is 2.13. The van der Waals surface area contributed by atoms with Crippen LogP contribution in [0.5, 0.6) is 11.5 Å². The lowest BCUT2D eigenvalue weighted by Crippen LogP contribution is -2.12. The molecule has 1 N–H and O–H groups in total. The maximum Gasteiger partial charge on any atom is 0.257 e. The lowest BCUT2D eigenvalue weighted by atomic mass is 10.2. The molecule has 0 saturated heterocycles. The van der Waals surface area contributed by atoms with Crippen LogP contribution < -0.4 is 14.8 Å². The number of methoxy groups -OCH3 is 1. The fourth-order valence-electron chi connectivity index (χ4n) is 1.68. The topological polar surface area (TPSA) is 73.3 Å². The van der Waals surface area contributed by atoms with Gasteiger partial charge in [0.2, 0.25) is 5.13 Å². The number of hydrogen-bond acceptors (Lipinski definition) is 6. The molecule has 1 amide bonds. The van der Waals surface area contributed by atoms with Gasteiger partial charge in [0.15, 0.2) is 11.5 Å². The Morgan fingerprint density at radius 3 is 2.62 bits per heavy atom. The number of aromatic nitrogens is 2. The van der Waals surface area contributed by atoms with E-state index in [0.29, 0.717) is 22.2 Å². The number of rotatable bonds is 5. The fraction of sp³-hybridized carbons (Fsp3) is 0.357. The van der Waals surface area contributed by atoms with Crippen LogP contribution in [-0.4, -0.2) is 29.3 Å². The molecule has 0 unspecified atom stereocenters. The van der Waals surface area contributed by atoms with Gasteiger partial charge in [0.05, 0.1) is 13.2 Å². The molecule has 0 aliphatic heterocycles. The van der Waals surface area contributed by atoms with E-state index in [-0.39, 0.29) is 12.0 Å². The molecule has 0 radical (unpaired) electrons. The van der Waals surface area contributed by atoms with Crippen LogP contribution in [-0.2, 0) is 0 Å². The van der Waals surface area contributed by atoms with Crippen molar-refractivity contribution >= 4 is 22.4 Å². The quantitative estimate of drug-likeness (QED) is 0.919. The summed E-state index contributed by atoms with van der Waals surface area (Å²) in [6, 6.07) is 5.05. The summed E-state index contributed by atoms with van der Waals surface area (Å²) in [4.78, 5) is 12.2. The largest absolute Gasteiger partial charge is 0.493 e. The Balaban J connectivity index is 2.17. The van der Waals surface area contributed by atoms with Crippen LogP contribution in [0.15, 0.2) is 18.2 Å². The van der Waals surface area contributed by atoms with Gasteiger partial charge < -0.3 is 9.47 Å². The second-order valence-corrected chi connectivity index (χ2v) is 5.79. The average Bonchev–Trinajstić information content (AvgIpc) is 2.83. The molecule has 6 nitrogen and oxygen atoms in total. The highest BCUT2D eigenvalue weighted by atomic mass is 32.1. The predicted octanol–water partition coefficient (Wildman–Crippen LogP) is 2.89. The first-order chi connectivity index (χ1) is 9.99. The zero-order chi connectivity index (χ0) is 15.4. The summed E-state index contributed by atoms with van der Waals surface area (Å²) in [5, 5.41) is 11.7. The standard InChI is InChI=1S/C14H17N3O3S/c1-8(2)20-11-6-5-10(7-12(11)19-4)13(18)15-14-17-16-9(3)21-14/h5-8H,1-4H3,(H,15,17,18). The molecule has 0 bridgehead atoms. The molecule has 0 aliphatic rings. The van der Waals surface area contributed by atoms with Gasteiger partial charge in [-0.1, -0.05) is 11.3 Å². The Morgan fingerprint density at radius 1 is 1.29 bits per heavy atom. The van der Waals surface area contributed by atoms with Crippen LogP contribution in [0.25, 0.3) is 0 Å². The van der Waals surface area contributed by atoms with Gasteiger partial charge in [0.25, 0.3) is 5.91 Å². The molecular weight excluding hydrogens is 290 g/mol. The summed E-state index contributed by atoms with van der Waals surface area (Å²) < 4.78 is 10.9. The third kappa shape index (κ3) is 3.91. The predicted molar refractivity (Wildman–Crippen MR) is 81.4 cm³/mol. The van der Waals surface area contributed by atoms with Crippen molar-refractivity contribution in [3.05, 3.63) is 28.8 Å². The van der Waals surface area contributed by atoms with Gasteiger partial charge in [-0.25, -0.2) is 0 Å². The molecule has 0 spiro atoms. The maximum absolute atomic E-state index is 12.2. The van der Waals surface area contributed by atoms with Crippen LogP contribution in [0.3, 0.4) is 0 Å². The number of nitrogens with zero attached hydrogens (tertiary/aromatic N) is 2. The summed E-state index contributed by atoms with van der Waals surface area (Å²) in [6.45, 7) is 5.68. The SMILES string of the molecule is COc1cc(C(=O)Nc2nnc(C)s2)ccc1OC(C)C. The maximum atomic E-state index is 12.2. The van der Waals surface area contributed by atoms with Crippen molar-refractivity contribution < 1.29 is 14.3 Å². The summed E-state index contributed by atoms with van der Waals surface area (Å²) >= 11 is 1.32. The molecule has 0 fully saturated rings. The minimum absolute atomic E-state index is 0.0305. The Labute approximate surface area is 127 Å². The third-order valence-corrected chi connectivity index (χ3v) is 3.29. The second-order valence-electron chi connectivity index (χ2n) is 4.61. The third-order valence-electron chi connectivity index (χ3n) is 2.53. The van der Waals surface area contributed by atoms with E-state index >= 15 is 0 Å². The first kappa shape index (κ1) is 15.2. The number of hydrogen-bond donors (Lipinski definition) is 1. The molecule has 0 saturated carbocycles. The van der Waals surface area contributed by atoms with E-state index in [1.807, 2.05) is 20.8 Å². The Hall–Kier alpha value is -2.15. The number of benzene rings is 1. The normalized spacial score (nSPS) is 10.5. The van der Waals surface area contributed by atoms with Crippen molar-refractivity contribution in [3.63, 3.8) is 0 Å². The molecule has 0 aliphatic carbocycles. The lowest BCUT2D eigenvalue weighted by Gasteiger charge is -2.14. The molecule has 0 atom stereocenters. The molecule has 2 aromatic rings. The molecule has 2 rings (SSSR count). The number of carbonyl (C=O) groups is 1. The summed E-state index contributed by atoms with van der Waals surface area (Å²) in [7, 11) is 1.54. The van der Waals surface area contributed by atoms with Crippen LogP contribution in [0.1, 0.15) is 29.2 Å². The summed E-state index contributed by atoms with van der Waals surface area (Å²) in [6.07, 6.45) is 0.0305. The van der Waals surface area contributed by atoms with Crippen molar-refractivity contribution in [3.8, 4) is 11.5 Å². The van der Waals surface area contributed by atoms with E-state index < -0.39 is 0 Å². The smallest absolute Gasteiger partial charge is 0.257 e. The molecule has 1 aromatic heterocycles. The molecule has 21 heavy (non-hydrogen) atoms. The van der Waals surface area contributed by atoms with Gasteiger partial charge in [-0.2, -0.15) is 0 Å². The van der Waals surface area contributed by atoms with Crippen molar-refractivity contribution in [2.24, 2.45) is 0 Å². The Kier molecular flexibility index (Phi) is 4.74. The number of amides is 1. The van der Waals surface area contributed by atoms with E-state index in [1.165, 1.54) is 18.4 Å². The van der Waals surface area contributed by atoms with E-state index in [0.717, 1.165) is 5.01 Å². The second kappa shape index (κ2) is 6.53. The Bertz CT molecular complexity index is 640. The summed E-state index contributed by atoms with van der Waals surface area (Å²) in [5.74, 6) is 0.862. The van der Waals surface area contributed by atoms with Crippen molar-refractivity contribution in [1.82, 2.24) is 10.2 Å². The van der Waals surface area contributed by atoms with E-state index in [2.05, 4.69) is 15.5 Å². The first-order valence-corrected chi connectivity index (χ1v) is 7.27.